The molecule has 80 valence electrons. The third-order valence-electron chi connectivity index (χ3n) is 2.06. The first-order chi connectivity index (χ1) is 6.63. The second-order valence-corrected chi connectivity index (χ2v) is 4.74. The minimum Gasteiger partial charge on any atom is -0.392 e. The first-order valence-electron chi connectivity index (χ1n) is 4.88. The Morgan fingerprint density at radius 1 is 1.64 bits per heavy atom. The van der Waals surface area contributed by atoms with Crippen LogP contribution in [0.1, 0.15) is 18.3 Å². The van der Waals surface area contributed by atoms with Gasteiger partial charge in [0.05, 0.1) is 11.8 Å². The fourth-order valence-electron chi connectivity index (χ4n) is 1.41. The topological polar surface area (TPSA) is 38.1 Å². The maximum absolute atomic E-state index is 9.71. The van der Waals surface area contributed by atoms with Crippen molar-refractivity contribution in [1.82, 2.24) is 9.78 Å². The summed E-state index contributed by atoms with van der Waals surface area (Å²) in [5.41, 5.74) is 2.12. The maximum atomic E-state index is 9.71. The monoisotopic (exact) mass is 214 g/mol. The third kappa shape index (κ3) is 3.35. The molecule has 1 unspecified atom stereocenters. The SMILES string of the molecule is CCSCC(O)Cc1cc(C)nn1C. The smallest absolute Gasteiger partial charge is 0.0685 e. The van der Waals surface area contributed by atoms with Gasteiger partial charge in [-0.3, -0.25) is 4.68 Å². The number of hydrogen-bond donors (Lipinski definition) is 1. The number of aromatic nitrogens is 2. The highest BCUT2D eigenvalue weighted by Crippen LogP contribution is 2.09. The van der Waals surface area contributed by atoms with E-state index in [0.29, 0.717) is 6.42 Å². The summed E-state index contributed by atoms with van der Waals surface area (Å²) >= 11 is 1.77. The predicted octanol–water partition coefficient (Wildman–Crippen LogP) is 1.39. The summed E-state index contributed by atoms with van der Waals surface area (Å²) in [5.74, 6) is 1.86. The van der Waals surface area contributed by atoms with Gasteiger partial charge >= 0.3 is 0 Å². The Labute approximate surface area is 89.5 Å². The van der Waals surface area contributed by atoms with Crippen LogP contribution in [0, 0.1) is 6.92 Å². The fourth-order valence-corrected chi connectivity index (χ4v) is 2.04. The van der Waals surface area contributed by atoms with Crippen molar-refractivity contribution in [3.63, 3.8) is 0 Å². The molecule has 0 saturated heterocycles. The van der Waals surface area contributed by atoms with Gasteiger partial charge in [-0.1, -0.05) is 6.92 Å². The van der Waals surface area contributed by atoms with E-state index in [1.807, 2.05) is 24.7 Å². The molecule has 1 N–H and O–H groups in total. The maximum Gasteiger partial charge on any atom is 0.0685 e. The van der Waals surface area contributed by atoms with Gasteiger partial charge in [0, 0.05) is 24.9 Å². The van der Waals surface area contributed by atoms with Crippen LogP contribution in [0.15, 0.2) is 6.07 Å². The molecule has 3 nitrogen and oxygen atoms in total. The molecule has 1 aromatic heterocycles. The van der Waals surface area contributed by atoms with Gasteiger partial charge in [0.2, 0.25) is 0 Å². The number of thioether (sulfide) groups is 1. The van der Waals surface area contributed by atoms with Crippen molar-refractivity contribution in [3.8, 4) is 0 Å². The van der Waals surface area contributed by atoms with Gasteiger partial charge in [0.1, 0.15) is 0 Å². The number of nitrogens with zero attached hydrogens (tertiary/aromatic N) is 2. The van der Waals surface area contributed by atoms with Crippen LogP contribution in [0.4, 0.5) is 0 Å². The zero-order valence-electron chi connectivity index (χ0n) is 9.03. The van der Waals surface area contributed by atoms with Crippen molar-refractivity contribution in [3.05, 3.63) is 17.5 Å². The molecule has 4 heteroatoms. The Morgan fingerprint density at radius 3 is 2.86 bits per heavy atom. The lowest BCUT2D eigenvalue weighted by Gasteiger charge is -2.09. The Morgan fingerprint density at radius 2 is 2.36 bits per heavy atom. The minimum atomic E-state index is -0.255. The lowest BCUT2D eigenvalue weighted by Crippen LogP contribution is -2.16. The van der Waals surface area contributed by atoms with E-state index < -0.39 is 0 Å². The zero-order valence-corrected chi connectivity index (χ0v) is 9.84. The summed E-state index contributed by atoms with van der Waals surface area (Å²) in [6.45, 7) is 4.07. The zero-order chi connectivity index (χ0) is 10.6. The van der Waals surface area contributed by atoms with Crippen LogP contribution in [0.25, 0.3) is 0 Å². The Kier molecular flexibility index (Phi) is 4.48. The highest BCUT2D eigenvalue weighted by atomic mass is 32.2. The van der Waals surface area contributed by atoms with Crippen LogP contribution in [0.2, 0.25) is 0 Å². The first kappa shape index (κ1) is 11.6. The van der Waals surface area contributed by atoms with Crippen LogP contribution in [0.5, 0.6) is 0 Å². The molecule has 0 radical (unpaired) electrons. The Bertz CT molecular complexity index is 286. The Balaban J connectivity index is 2.47. The molecule has 0 aliphatic heterocycles. The molecule has 0 aromatic carbocycles. The van der Waals surface area contributed by atoms with Crippen LogP contribution in [-0.2, 0) is 13.5 Å². The van der Waals surface area contributed by atoms with Gasteiger partial charge in [0.25, 0.3) is 0 Å². The van der Waals surface area contributed by atoms with Gasteiger partial charge in [-0.15, -0.1) is 0 Å². The lowest BCUT2D eigenvalue weighted by atomic mass is 10.2. The number of aliphatic hydroxyl groups is 1. The largest absolute Gasteiger partial charge is 0.392 e. The van der Waals surface area contributed by atoms with E-state index in [9.17, 15) is 5.11 Å². The van der Waals surface area contributed by atoms with Crippen molar-refractivity contribution < 1.29 is 5.11 Å². The van der Waals surface area contributed by atoms with E-state index in [4.69, 9.17) is 0 Å². The molecular weight excluding hydrogens is 196 g/mol. The third-order valence-corrected chi connectivity index (χ3v) is 3.09. The molecule has 0 amide bonds. The van der Waals surface area contributed by atoms with Crippen molar-refractivity contribution in [2.45, 2.75) is 26.4 Å². The van der Waals surface area contributed by atoms with E-state index >= 15 is 0 Å². The second-order valence-electron chi connectivity index (χ2n) is 3.42. The summed E-state index contributed by atoms with van der Waals surface area (Å²) in [4.78, 5) is 0. The quantitative estimate of drug-likeness (QED) is 0.805. The molecule has 0 fully saturated rings. The summed E-state index contributed by atoms with van der Waals surface area (Å²) in [5, 5.41) is 13.9. The van der Waals surface area contributed by atoms with Crippen molar-refractivity contribution >= 4 is 11.8 Å². The number of rotatable bonds is 5. The standard InChI is InChI=1S/C10H18N2OS/c1-4-14-7-10(13)6-9-5-8(2)11-12(9)3/h5,10,13H,4,6-7H2,1-3H3. The van der Waals surface area contributed by atoms with E-state index in [1.165, 1.54) is 0 Å². The van der Waals surface area contributed by atoms with Crippen LogP contribution < -0.4 is 0 Å². The molecule has 0 saturated carbocycles. The normalized spacial score (nSPS) is 13.1. The molecule has 0 aliphatic rings. The summed E-state index contributed by atoms with van der Waals surface area (Å²) in [6.07, 6.45) is 0.444. The van der Waals surface area contributed by atoms with E-state index in [2.05, 4.69) is 12.0 Å². The van der Waals surface area contributed by atoms with Crippen molar-refractivity contribution in [2.24, 2.45) is 7.05 Å². The van der Waals surface area contributed by atoms with Gasteiger partial charge < -0.3 is 5.11 Å². The molecule has 1 atom stereocenters. The summed E-state index contributed by atoms with van der Waals surface area (Å²) < 4.78 is 1.84. The molecular formula is C10H18N2OS. The second kappa shape index (κ2) is 5.41. The van der Waals surface area contributed by atoms with Crippen LogP contribution in [-0.4, -0.2) is 32.5 Å². The first-order valence-corrected chi connectivity index (χ1v) is 6.04. The molecule has 0 spiro atoms. The van der Waals surface area contributed by atoms with Crippen LogP contribution in [0.3, 0.4) is 0 Å². The van der Waals surface area contributed by atoms with Crippen molar-refractivity contribution in [2.75, 3.05) is 11.5 Å². The molecule has 0 bridgehead atoms. The van der Waals surface area contributed by atoms with E-state index in [-0.39, 0.29) is 6.10 Å². The highest BCUT2D eigenvalue weighted by Gasteiger charge is 2.09. The molecule has 14 heavy (non-hydrogen) atoms. The average molecular weight is 214 g/mol. The Hall–Kier alpha value is -0.480. The van der Waals surface area contributed by atoms with Crippen molar-refractivity contribution in [1.29, 1.82) is 0 Å². The minimum absolute atomic E-state index is 0.255. The molecule has 1 rings (SSSR count). The van der Waals surface area contributed by atoms with Gasteiger partial charge in [-0.25, -0.2) is 0 Å². The number of aliphatic hydroxyl groups excluding tert-OH is 1. The average Bonchev–Trinajstić information content (AvgIpc) is 2.42. The summed E-state index contributed by atoms with van der Waals surface area (Å²) in [7, 11) is 1.92. The molecule has 1 aromatic rings. The van der Waals surface area contributed by atoms with Gasteiger partial charge in [0.15, 0.2) is 0 Å². The summed E-state index contributed by atoms with van der Waals surface area (Å²) in [6, 6.07) is 2.03. The van der Waals surface area contributed by atoms with E-state index in [1.54, 1.807) is 11.8 Å². The molecule has 0 aliphatic carbocycles. The highest BCUT2D eigenvalue weighted by molar-refractivity contribution is 7.99. The molecule has 1 heterocycles. The fraction of sp³-hybridized carbons (Fsp3) is 0.700. The number of hydrogen-bond acceptors (Lipinski definition) is 3. The van der Waals surface area contributed by atoms with Gasteiger partial charge in [-0.2, -0.15) is 16.9 Å². The number of aryl methyl sites for hydroxylation is 2. The predicted molar refractivity (Wildman–Crippen MR) is 60.7 cm³/mol. The van der Waals surface area contributed by atoms with E-state index in [0.717, 1.165) is 22.9 Å². The van der Waals surface area contributed by atoms with Crippen LogP contribution >= 0.6 is 11.8 Å². The lowest BCUT2D eigenvalue weighted by molar-refractivity contribution is 0.197. The van der Waals surface area contributed by atoms with Gasteiger partial charge in [-0.05, 0) is 18.7 Å².